The number of hydrogen-bond acceptors (Lipinski definition) is 5. The quantitative estimate of drug-likeness (QED) is 0.825. The zero-order valence-corrected chi connectivity index (χ0v) is 17.3. The summed E-state index contributed by atoms with van der Waals surface area (Å²) in [6, 6.07) is 8.30. The van der Waals surface area contributed by atoms with Crippen molar-refractivity contribution >= 4 is 23.4 Å². The molecule has 7 heteroatoms. The molecule has 6 nitrogen and oxygen atoms in total. The number of benzene rings is 1. The molecule has 2 aromatic rings. The van der Waals surface area contributed by atoms with Gasteiger partial charge in [0.05, 0.1) is 23.4 Å². The summed E-state index contributed by atoms with van der Waals surface area (Å²) >= 11 is 1.65. The first kappa shape index (κ1) is 19.6. The van der Waals surface area contributed by atoms with Crippen LogP contribution >= 0.6 is 11.8 Å². The van der Waals surface area contributed by atoms with E-state index in [4.69, 9.17) is 4.74 Å². The van der Waals surface area contributed by atoms with Crippen LogP contribution in [0.1, 0.15) is 17.3 Å². The Labute approximate surface area is 165 Å². The molecule has 1 N–H and O–H groups in total. The number of nitrogens with zero attached hydrogens (tertiary/aromatic N) is 3. The van der Waals surface area contributed by atoms with Crippen molar-refractivity contribution < 1.29 is 9.53 Å². The Morgan fingerprint density at radius 3 is 2.59 bits per heavy atom. The van der Waals surface area contributed by atoms with Gasteiger partial charge in [-0.3, -0.25) is 4.79 Å². The highest BCUT2D eigenvalue weighted by Gasteiger charge is 2.18. The monoisotopic (exact) mass is 388 g/mol. The van der Waals surface area contributed by atoms with Crippen molar-refractivity contribution in [2.75, 3.05) is 52.3 Å². The molecule has 146 valence electrons. The third kappa shape index (κ3) is 4.42. The minimum Gasteiger partial charge on any atom is -0.495 e. The SMILES string of the molecule is CCn1cc(C(=O)NC)cc1Sc1ccc(N2CCN(C)CC2)c(OC)c1. The van der Waals surface area contributed by atoms with E-state index in [1.807, 2.05) is 12.3 Å². The van der Waals surface area contributed by atoms with E-state index >= 15 is 0 Å². The Kier molecular flexibility index (Phi) is 6.34. The number of carbonyl (C=O) groups excluding carboxylic acids is 1. The summed E-state index contributed by atoms with van der Waals surface area (Å²) < 4.78 is 7.77. The number of hydrogen-bond donors (Lipinski definition) is 1. The van der Waals surface area contributed by atoms with Crippen molar-refractivity contribution in [2.24, 2.45) is 0 Å². The lowest BCUT2D eigenvalue weighted by Crippen LogP contribution is -2.44. The maximum atomic E-state index is 11.9. The van der Waals surface area contributed by atoms with Crippen LogP contribution in [0.25, 0.3) is 0 Å². The molecule has 1 aliphatic heterocycles. The third-order valence-corrected chi connectivity index (χ3v) is 5.96. The van der Waals surface area contributed by atoms with Gasteiger partial charge in [0, 0.05) is 50.9 Å². The van der Waals surface area contributed by atoms with Gasteiger partial charge in [-0.2, -0.15) is 0 Å². The van der Waals surface area contributed by atoms with Crippen molar-refractivity contribution in [3.8, 4) is 5.75 Å². The molecule has 3 rings (SSSR count). The van der Waals surface area contributed by atoms with E-state index in [1.165, 1.54) is 0 Å². The van der Waals surface area contributed by atoms with Gasteiger partial charge in [-0.1, -0.05) is 11.8 Å². The van der Waals surface area contributed by atoms with Crippen LogP contribution in [-0.2, 0) is 6.54 Å². The van der Waals surface area contributed by atoms with Crippen LogP contribution in [0.4, 0.5) is 5.69 Å². The number of piperazine rings is 1. The average Bonchev–Trinajstić information content (AvgIpc) is 3.10. The number of aryl methyl sites for hydroxylation is 1. The second-order valence-electron chi connectivity index (χ2n) is 6.66. The number of aromatic nitrogens is 1. The summed E-state index contributed by atoms with van der Waals surface area (Å²) in [7, 11) is 5.53. The summed E-state index contributed by atoms with van der Waals surface area (Å²) in [4.78, 5) is 17.8. The molecule has 1 aliphatic rings. The Morgan fingerprint density at radius 1 is 1.22 bits per heavy atom. The van der Waals surface area contributed by atoms with Gasteiger partial charge < -0.3 is 24.4 Å². The molecule has 0 aliphatic carbocycles. The molecule has 1 saturated heterocycles. The van der Waals surface area contributed by atoms with Gasteiger partial charge in [0.1, 0.15) is 5.75 Å². The topological polar surface area (TPSA) is 49.7 Å². The number of likely N-dealkylation sites (N-methyl/N-ethyl adjacent to an activating group) is 1. The molecule has 1 amide bonds. The summed E-state index contributed by atoms with van der Waals surface area (Å²) in [5, 5.41) is 3.73. The predicted octanol–water partition coefficient (Wildman–Crippen LogP) is 2.78. The summed E-state index contributed by atoms with van der Waals surface area (Å²) in [6.07, 6.45) is 1.90. The lowest BCUT2D eigenvalue weighted by molar-refractivity contribution is 0.0963. The highest BCUT2D eigenvalue weighted by atomic mass is 32.2. The number of carbonyl (C=O) groups is 1. The fraction of sp³-hybridized carbons (Fsp3) is 0.450. The normalized spacial score (nSPS) is 15.0. The molecular formula is C20H28N4O2S. The number of amides is 1. The summed E-state index contributed by atoms with van der Waals surface area (Å²) in [6.45, 7) is 7.03. The standard InChI is InChI=1S/C20H28N4O2S/c1-5-23-14-15(20(25)21-2)12-19(23)27-16-6-7-17(18(13-16)26-4)24-10-8-22(3)9-11-24/h6-7,12-14H,5,8-11H2,1-4H3,(H,21,25). The molecule has 27 heavy (non-hydrogen) atoms. The number of rotatable bonds is 6. The molecule has 0 unspecified atom stereocenters. The molecule has 1 fully saturated rings. The molecule has 0 atom stereocenters. The third-order valence-electron chi connectivity index (χ3n) is 4.90. The van der Waals surface area contributed by atoms with Crippen molar-refractivity contribution in [1.82, 2.24) is 14.8 Å². The first-order valence-corrected chi connectivity index (χ1v) is 10.1. The average molecular weight is 389 g/mol. The van der Waals surface area contributed by atoms with Crippen molar-refractivity contribution in [3.05, 3.63) is 36.0 Å². The van der Waals surface area contributed by atoms with E-state index in [0.717, 1.165) is 54.1 Å². The molecular weight excluding hydrogens is 360 g/mol. The van der Waals surface area contributed by atoms with Gasteiger partial charge in [-0.15, -0.1) is 0 Å². The predicted molar refractivity (Wildman–Crippen MR) is 110 cm³/mol. The number of anilines is 1. The van der Waals surface area contributed by atoms with E-state index in [1.54, 1.807) is 25.9 Å². The van der Waals surface area contributed by atoms with E-state index in [-0.39, 0.29) is 5.91 Å². The fourth-order valence-electron chi connectivity index (χ4n) is 3.24. The van der Waals surface area contributed by atoms with E-state index < -0.39 is 0 Å². The fourth-order valence-corrected chi connectivity index (χ4v) is 4.27. The van der Waals surface area contributed by atoms with Crippen molar-refractivity contribution in [3.63, 3.8) is 0 Å². The maximum absolute atomic E-state index is 11.9. The molecule has 0 bridgehead atoms. The Hall–Kier alpha value is -2.12. The Balaban J connectivity index is 1.82. The lowest BCUT2D eigenvalue weighted by Gasteiger charge is -2.34. The van der Waals surface area contributed by atoms with E-state index in [2.05, 4.69) is 51.9 Å². The van der Waals surface area contributed by atoms with Gasteiger partial charge in [-0.05, 0) is 38.2 Å². The second-order valence-corrected chi connectivity index (χ2v) is 7.75. The molecule has 2 heterocycles. The Bertz CT molecular complexity index is 797. The first-order chi connectivity index (χ1) is 13.0. The highest BCUT2D eigenvalue weighted by molar-refractivity contribution is 7.99. The van der Waals surface area contributed by atoms with Gasteiger partial charge in [0.25, 0.3) is 5.91 Å². The van der Waals surface area contributed by atoms with Gasteiger partial charge >= 0.3 is 0 Å². The van der Waals surface area contributed by atoms with Gasteiger partial charge in [0.15, 0.2) is 0 Å². The van der Waals surface area contributed by atoms with Crippen LogP contribution in [0.15, 0.2) is 40.4 Å². The Morgan fingerprint density at radius 2 is 1.96 bits per heavy atom. The number of ether oxygens (including phenoxy) is 1. The second kappa shape index (κ2) is 8.71. The molecule has 1 aromatic heterocycles. The van der Waals surface area contributed by atoms with Gasteiger partial charge in [0.2, 0.25) is 0 Å². The summed E-state index contributed by atoms with van der Waals surface area (Å²) in [5.74, 6) is 0.831. The zero-order chi connectivity index (χ0) is 19.4. The minimum atomic E-state index is -0.0629. The highest BCUT2D eigenvalue weighted by Crippen LogP contribution is 2.36. The molecule has 1 aromatic carbocycles. The van der Waals surface area contributed by atoms with Crippen molar-refractivity contribution in [1.29, 1.82) is 0 Å². The van der Waals surface area contributed by atoms with E-state index in [0.29, 0.717) is 5.56 Å². The van der Waals surface area contributed by atoms with Gasteiger partial charge in [-0.25, -0.2) is 0 Å². The first-order valence-electron chi connectivity index (χ1n) is 9.27. The number of methoxy groups -OCH3 is 1. The molecule has 0 saturated carbocycles. The smallest absolute Gasteiger partial charge is 0.252 e. The lowest BCUT2D eigenvalue weighted by atomic mass is 10.2. The maximum Gasteiger partial charge on any atom is 0.252 e. The van der Waals surface area contributed by atoms with Crippen LogP contribution in [0, 0.1) is 0 Å². The number of nitrogens with one attached hydrogen (secondary N) is 1. The van der Waals surface area contributed by atoms with Crippen LogP contribution in [0.2, 0.25) is 0 Å². The van der Waals surface area contributed by atoms with Crippen molar-refractivity contribution in [2.45, 2.75) is 23.4 Å². The summed E-state index contributed by atoms with van der Waals surface area (Å²) in [5.41, 5.74) is 1.83. The minimum absolute atomic E-state index is 0.0629. The molecule has 0 spiro atoms. The van der Waals surface area contributed by atoms with Crippen LogP contribution < -0.4 is 15.0 Å². The molecule has 0 radical (unpaired) electrons. The van der Waals surface area contributed by atoms with Crippen LogP contribution in [-0.4, -0.2) is 62.8 Å². The largest absolute Gasteiger partial charge is 0.495 e. The van der Waals surface area contributed by atoms with Crippen LogP contribution in [0.3, 0.4) is 0 Å². The zero-order valence-electron chi connectivity index (χ0n) is 16.5. The van der Waals surface area contributed by atoms with E-state index in [9.17, 15) is 4.79 Å². The van der Waals surface area contributed by atoms with Crippen LogP contribution in [0.5, 0.6) is 5.75 Å².